The highest BCUT2D eigenvalue weighted by atomic mass is 16.5. The van der Waals surface area contributed by atoms with Gasteiger partial charge in [-0.2, -0.15) is 0 Å². The average molecular weight is 263 g/mol. The number of aliphatic carboxylic acids is 1. The molecule has 4 heteroatoms. The molecule has 0 aromatic heterocycles. The summed E-state index contributed by atoms with van der Waals surface area (Å²) in [6.45, 7) is 4.18. The van der Waals surface area contributed by atoms with Crippen LogP contribution in [0.4, 0.5) is 0 Å². The van der Waals surface area contributed by atoms with E-state index in [1.165, 1.54) is 0 Å². The van der Waals surface area contributed by atoms with Gasteiger partial charge in [0.2, 0.25) is 0 Å². The molecule has 0 amide bonds. The van der Waals surface area contributed by atoms with Gasteiger partial charge in [0.25, 0.3) is 0 Å². The van der Waals surface area contributed by atoms with Crippen LogP contribution in [0, 0.1) is 5.92 Å². The molecule has 0 saturated heterocycles. The molecule has 104 valence electrons. The van der Waals surface area contributed by atoms with Crippen LogP contribution in [0.1, 0.15) is 38.2 Å². The van der Waals surface area contributed by atoms with Gasteiger partial charge in [0.1, 0.15) is 12.4 Å². The Morgan fingerprint density at radius 2 is 2.11 bits per heavy atom. The van der Waals surface area contributed by atoms with Crippen molar-refractivity contribution in [2.24, 2.45) is 11.7 Å². The van der Waals surface area contributed by atoms with E-state index in [-0.39, 0.29) is 12.5 Å². The summed E-state index contributed by atoms with van der Waals surface area (Å²) >= 11 is 0. The van der Waals surface area contributed by atoms with Crippen molar-refractivity contribution in [1.82, 2.24) is 0 Å². The lowest BCUT2D eigenvalue weighted by Gasteiger charge is -2.25. The number of ether oxygens (including phenoxy) is 1. The summed E-state index contributed by atoms with van der Waals surface area (Å²) in [7, 11) is 0. The molecule has 0 spiro atoms. The van der Waals surface area contributed by atoms with Crippen LogP contribution in [0.15, 0.2) is 24.3 Å². The lowest BCUT2D eigenvalue weighted by atomic mass is 9.96. The summed E-state index contributed by atoms with van der Waals surface area (Å²) in [5, 5.41) is 9.29. The lowest BCUT2D eigenvalue weighted by Crippen LogP contribution is -2.54. The van der Waals surface area contributed by atoms with E-state index >= 15 is 0 Å². The average Bonchev–Trinajstić information content (AvgIpc) is 3.20. The van der Waals surface area contributed by atoms with Crippen molar-refractivity contribution in [2.45, 2.75) is 38.1 Å². The topological polar surface area (TPSA) is 72.5 Å². The van der Waals surface area contributed by atoms with Gasteiger partial charge in [-0.05, 0) is 36.3 Å². The minimum atomic E-state index is -1.26. The normalized spacial score (nSPS) is 18.1. The zero-order valence-electron chi connectivity index (χ0n) is 11.4. The molecule has 1 aromatic rings. The summed E-state index contributed by atoms with van der Waals surface area (Å²) in [5.74, 6) is 0.122. The zero-order valence-corrected chi connectivity index (χ0v) is 11.4. The highest BCUT2D eigenvalue weighted by Crippen LogP contribution is 2.39. The van der Waals surface area contributed by atoms with E-state index in [9.17, 15) is 9.90 Å². The third-order valence-corrected chi connectivity index (χ3v) is 3.71. The predicted molar refractivity (Wildman–Crippen MR) is 73.3 cm³/mol. The number of hydrogen-bond donors (Lipinski definition) is 2. The van der Waals surface area contributed by atoms with Crippen LogP contribution in [-0.4, -0.2) is 23.2 Å². The fourth-order valence-electron chi connectivity index (χ4n) is 2.24. The van der Waals surface area contributed by atoms with Gasteiger partial charge in [-0.25, -0.2) is 0 Å². The van der Waals surface area contributed by atoms with Gasteiger partial charge in [-0.15, -0.1) is 0 Å². The molecule has 0 aliphatic heterocycles. The molecule has 0 heterocycles. The molecule has 2 rings (SSSR count). The van der Waals surface area contributed by atoms with Crippen molar-refractivity contribution in [2.75, 3.05) is 6.61 Å². The molecule has 1 aliphatic rings. The van der Waals surface area contributed by atoms with Crippen LogP contribution in [-0.2, 0) is 4.79 Å². The molecule has 1 aliphatic carbocycles. The van der Waals surface area contributed by atoms with E-state index in [1.807, 2.05) is 24.3 Å². The van der Waals surface area contributed by atoms with Crippen LogP contribution in [0.3, 0.4) is 0 Å². The van der Waals surface area contributed by atoms with Gasteiger partial charge in [0.15, 0.2) is 5.54 Å². The Hall–Kier alpha value is -1.55. The van der Waals surface area contributed by atoms with Crippen molar-refractivity contribution in [3.8, 4) is 5.75 Å². The van der Waals surface area contributed by atoms with Gasteiger partial charge in [-0.3, -0.25) is 4.79 Å². The second-order valence-electron chi connectivity index (χ2n) is 5.60. The maximum Gasteiger partial charge on any atom is 0.327 e. The van der Waals surface area contributed by atoms with Crippen molar-refractivity contribution in [1.29, 1.82) is 0 Å². The molecular weight excluding hydrogens is 242 g/mol. The Kier molecular flexibility index (Phi) is 3.80. The molecule has 1 aromatic carbocycles. The number of rotatable bonds is 6. The summed E-state index contributed by atoms with van der Waals surface area (Å²) in [6, 6.07) is 7.70. The summed E-state index contributed by atoms with van der Waals surface area (Å²) in [5.41, 5.74) is 5.81. The van der Waals surface area contributed by atoms with Gasteiger partial charge < -0.3 is 15.6 Å². The Balaban J connectivity index is 2.11. The maximum absolute atomic E-state index is 11.3. The quantitative estimate of drug-likeness (QED) is 0.826. The first-order valence-electron chi connectivity index (χ1n) is 6.69. The second-order valence-corrected chi connectivity index (χ2v) is 5.60. The summed E-state index contributed by atoms with van der Waals surface area (Å²) < 4.78 is 5.72. The van der Waals surface area contributed by atoms with Gasteiger partial charge >= 0.3 is 5.97 Å². The van der Waals surface area contributed by atoms with E-state index in [2.05, 4.69) is 13.8 Å². The predicted octanol–water partition coefficient (Wildman–Crippen LogP) is 2.38. The number of carboxylic acids is 1. The first-order valence-corrected chi connectivity index (χ1v) is 6.69. The van der Waals surface area contributed by atoms with E-state index in [0.717, 1.165) is 24.2 Å². The maximum atomic E-state index is 11.3. The van der Waals surface area contributed by atoms with Crippen molar-refractivity contribution in [3.63, 3.8) is 0 Å². The fourth-order valence-corrected chi connectivity index (χ4v) is 2.24. The number of carbonyl (C=O) groups is 1. The van der Waals surface area contributed by atoms with E-state index in [0.29, 0.717) is 5.92 Å². The van der Waals surface area contributed by atoms with Crippen LogP contribution in [0.25, 0.3) is 0 Å². The number of nitrogens with two attached hydrogens (primary N) is 1. The third kappa shape index (κ3) is 2.89. The monoisotopic (exact) mass is 263 g/mol. The molecule has 3 N–H and O–H groups in total. The second kappa shape index (κ2) is 5.21. The third-order valence-electron chi connectivity index (χ3n) is 3.71. The molecule has 0 radical (unpaired) electrons. The van der Waals surface area contributed by atoms with Gasteiger partial charge in [0, 0.05) is 0 Å². The van der Waals surface area contributed by atoms with Crippen molar-refractivity contribution in [3.05, 3.63) is 29.8 Å². The Morgan fingerprint density at radius 3 is 2.63 bits per heavy atom. The van der Waals surface area contributed by atoms with Crippen LogP contribution < -0.4 is 10.5 Å². The Labute approximate surface area is 113 Å². The molecule has 1 atom stereocenters. The SMILES string of the molecule is CC(C)c1ccccc1OCC(N)(C(=O)O)C1CC1. The van der Waals surface area contributed by atoms with Crippen LogP contribution in [0.2, 0.25) is 0 Å². The summed E-state index contributed by atoms with van der Waals surface area (Å²) in [6.07, 6.45) is 1.75. The lowest BCUT2D eigenvalue weighted by molar-refractivity contribution is -0.145. The smallest absolute Gasteiger partial charge is 0.327 e. The number of carboxylic acid groups (broad SMARTS) is 1. The first kappa shape index (κ1) is 13.9. The molecule has 1 saturated carbocycles. The first-order chi connectivity index (χ1) is 8.95. The van der Waals surface area contributed by atoms with E-state index in [4.69, 9.17) is 10.5 Å². The van der Waals surface area contributed by atoms with Gasteiger partial charge in [-0.1, -0.05) is 32.0 Å². The number of hydrogen-bond acceptors (Lipinski definition) is 3. The van der Waals surface area contributed by atoms with Crippen molar-refractivity contribution >= 4 is 5.97 Å². The van der Waals surface area contributed by atoms with Crippen molar-refractivity contribution < 1.29 is 14.6 Å². The minimum Gasteiger partial charge on any atom is -0.491 e. The van der Waals surface area contributed by atoms with Crippen LogP contribution >= 0.6 is 0 Å². The Bertz CT molecular complexity index is 468. The Morgan fingerprint density at radius 1 is 1.47 bits per heavy atom. The summed E-state index contributed by atoms with van der Waals surface area (Å²) in [4.78, 5) is 11.3. The molecule has 1 unspecified atom stereocenters. The molecular formula is C15H21NO3. The largest absolute Gasteiger partial charge is 0.491 e. The highest BCUT2D eigenvalue weighted by Gasteiger charge is 2.49. The molecule has 1 fully saturated rings. The number of para-hydroxylation sites is 1. The standard InChI is InChI=1S/C15H21NO3/c1-10(2)12-5-3-4-6-13(12)19-9-15(16,14(17)18)11-7-8-11/h3-6,10-11H,7-9,16H2,1-2H3,(H,17,18). The van der Waals surface area contributed by atoms with Gasteiger partial charge in [0.05, 0.1) is 0 Å². The number of benzene rings is 1. The van der Waals surface area contributed by atoms with E-state index in [1.54, 1.807) is 0 Å². The zero-order chi connectivity index (χ0) is 14.0. The highest BCUT2D eigenvalue weighted by molar-refractivity contribution is 5.79. The molecule has 0 bridgehead atoms. The fraction of sp³-hybridized carbons (Fsp3) is 0.533. The molecule has 4 nitrogen and oxygen atoms in total. The van der Waals surface area contributed by atoms with Crippen LogP contribution in [0.5, 0.6) is 5.75 Å². The molecule has 19 heavy (non-hydrogen) atoms. The van der Waals surface area contributed by atoms with E-state index < -0.39 is 11.5 Å². The minimum absolute atomic E-state index is 0.0245.